The molecule has 0 aliphatic carbocycles. The summed E-state index contributed by atoms with van der Waals surface area (Å²) in [7, 11) is 0. The fraction of sp³-hybridized carbons (Fsp3) is 0.250. The van der Waals surface area contributed by atoms with Crippen LogP contribution in [0.3, 0.4) is 0 Å². The zero-order valence-corrected chi connectivity index (χ0v) is 16.3. The second kappa shape index (κ2) is 9.68. The molecule has 0 fully saturated rings. The highest BCUT2D eigenvalue weighted by atomic mass is 32.1. The molecule has 1 heterocycles. The van der Waals surface area contributed by atoms with Crippen molar-refractivity contribution in [1.29, 1.82) is 0 Å². The number of nitrogens with one attached hydrogen (secondary N) is 2. The van der Waals surface area contributed by atoms with Gasteiger partial charge in [-0.1, -0.05) is 17.7 Å². The van der Waals surface area contributed by atoms with Crippen molar-refractivity contribution in [3.05, 3.63) is 57.3 Å². The molecule has 2 N–H and O–H groups in total. The van der Waals surface area contributed by atoms with Crippen molar-refractivity contribution in [2.24, 2.45) is 0 Å². The molecular formula is C20H22N2O4S. The smallest absolute Gasteiger partial charge is 0.331 e. The van der Waals surface area contributed by atoms with Gasteiger partial charge in [0.1, 0.15) is 0 Å². The van der Waals surface area contributed by atoms with Crippen molar-refractivity contribution in [2.45, 2.75) is 20.8 Å². The molecule has 2 amide bonds. The lowest BCUT2D eigenvalue weighted by Gasteiger charge is -2.13. The molecule has 6 nitrogen and oxygen atoms in total. The summed E-state index contributed by atoms with van der Waals surface area (Å²) in [6.07, 6.45) is 2.86. The summed E-state index contributed by atoms with van der Waals surface area (Å²) < 4.78 is 4.84. The quantitative estimate of drug-likeness (QED) is 0.566. The van der Waals surface area contributed by atoms with Gasteiger partial charge in [0.05, 0.1) is 6.54 Å². The molecule has 0 radical (unpaired) electrons. The summed E-state index contributed by atoms with van der Waals surface area (Å²) in [6.45, 7) is 5.17. The molecule has 0 atom stereocenters. The van der Waals surface area contributed by atoms with Gasteiger partial charge in [0.25, 0.3) is 5.91 Å². The minimum atomic E-state index is -0.619. The van der Waals surface area contributed by atoms with Crippen molar-refractivity contribution >= 4 is 40.9 Å². The van der Waals surface area contributed by atoms with E-state index in [9.17, 15) is 14.4 Å². The first-order chi connectivity index (χ1) is 12.8. The summed E-state index contributed by atoms with van der Waals surface area (Å²) >= 11 is 1.52. The van der Waals surface area contributed by atoms with E-state index in [2.05, 4.69) is 10.6 Å². The van der Waals surface area contributed by atoms with Crippen LogP contribution in [0.2, 0.25) is 0 Å². The van der Waals surface area contributed by atoms with Crippen LogP contribution in [0, 0.1) is 20.8 Å². The van der Waals surface area contributed by atoms with Crippen molar-refractivity contribution in [2.75, 3.05) is 18.5 Å². The largest absolute Gasteiger partial charge is 0.452 e. The van der Waals surface area contributed by atoms with Gasteiger partial charge in [-0.05, 0) is 60.4 Å². The number of thiophene rings is 1. The zero-order chi connectivity index (χ0) is 19.8. The number of esters is 1. The maximum absolute atomic E-state index is 12.0. The van der Waals surface area contributed by atoms with Gasteiger partial charge in [-0.2, -0.15) is 11.3 Å². The third kappa shape index (κ3) is 6.71. The van der Waals surface area contributed by atoms with E-state index in [0.29, 0.717) is 0 Å². The molecule has 0 spiro atoms. The second-order valence-electron chi connectivity index (χ2n) is 6.10. The molecule has 2 aromatic rings. The average Bonchev–Trinajstić information content (AvgIpc) is 3.13. The lowest BCUT2D eigenvalue weighted by molar-refractivity contribution is -0.143. The van der Waals surface area contributed by atoms with Gasteiger partial charge in [0.15, 0.2) is 6.61 Å². The molecule has 2 rings (SSSR count). The monoisotopic (exact) mass is 386 g/mol. The highest BCUT2D eigenvalue weighted by Gasteiger charge is 2.11. The number of hydrogen-bond acceptors (Lipinski definition) is 5. The Labute approximate surface area is 162 Å². The molecule has 0 unspecified atom stereocenters. The van der Waals surface area contributed by atoms with Crippen LogP contribution in [0.4, 0.5) is 5.69 Å². The van der Waals surface area contributed by atoms with E-state index in [-0.39, 0.29) is 12.5 Å². The van der Waals surface area contributed by atoms with Crippen LogP contribution in [-0.4, -0.2) is 30.9 Å². The van der Waals surface area contributed by atoms with Gasteiger partial charge >= 0.3 is 5.97 Å². The van der Waals surface area contributed by atoms with Crippen LogP contribution in [0.25, 0.3) is 6.08 Å². The Kier molecular flexibility index (Phi) is 7.31. The third-order valence-corrected chi connectivity index (χ3v) is 4.39. The van der Waals surface area contributed by atoms with E-state index in [1.54, 1.807) is 6.08 Å². The first-order valence-electron chi connectivity index (χ1n) is 8.36. The van der Waals surface area contributed by atoms with Crippen LogP contribution >= 0.6 is 11.3 Å². The highest BCUT2D eigenvalue weighted by molar-refractivity contribution is 7.08. The first-order valence-corrected chi connectivity index (χ1v) is 9.31. The predicted octanol–water partition coefficient (Wildman–Crippen LogP) is 2.98. The molecule has 0 saturated carbocycles. The van der Waals surface area contributed by atoms with Crippen LogP contribution in [0.15, 0.2) is 35.0 Å². The fourth-order valence-electron chi connectivity index (χ4n) is 2.51. The normalized spacial score (nSPS) is 10.6. The lowest BCUT2D eigenvalue weighted by Crippen LogP contribution is -2.35. The number of carbonyl (C=O) groups excluding carboxylic acids is 3. The van der Waals surface area contributed by atoms with Crippen molar-refractivity contribution < 1.29 is 19.1 Å². The van der Waals surface area contributed by atoms with E-state index < -0.39 is 18.5 Å². The summed E-state index contributed by atoms with van der Waals surface area (Å²) in [5, 5.41) is 8.99. The van der Waals surface area contributed by atoms with Crippen LogP contribution < -0.4 is 10.6 Å². The number of carbonyl (C=O) groups is 3. The standard InChI is InChI=1S/C20H22N2O4S/c1-13-8-14(2)20(15(3)9-13)22-17(23)10-21-18(24)11-26-19(25)5-4-16-6-7-27-12-16/h4-9,12H,10-11H2,1-3H3,(H,21,24)(H,22,23)/b5-4+. The van der Waals surface area contributed by atoms with Gasteiger partial charge < -0.3 is 15.4 Å². The summed E-state index contributed by atoms with van der Waals surface area (Å²) in [6, 6.07) is 5.81. The van der Waals surface area contributed by atoms with Crippen LogP contribution in [0.1, 0.15) is 22.3 Å². The lowest BCUT2D eigenvalue weighted by atomic mass is 10.1. The molecular weight excluding hydrogens is 364 g/mol. The molecule has 0 saturated heterocycles. The minimum absolute atomic E-state index is 0.201. The molecule has 7 heteroatoms. The number of amides is 2. The van der Waals surface area contributed by atoms with Gasteiger partial charge in [0.2, 0.25) is 5.91 Å². The van der Waals surface area contributed by atoms with Crippen LogP contribution in [0.5, 0.6) is 0 Å². The number of anilines is 1. The fourth-order valence-corrected chi connectivity index (χ4v) is 3.14. The Balaban J connectivity index is 1.73. The van der Waals surface area contributed by atoms with Crippen molar-refractivity contribution in [3.8, 4) is 0 Å². The van der Waals surface area contributed by atoms with Gasteiger partial charge in [0, 0.05) is 11.8 Å². The summed E-state index contributed by atoms with van der Waals surface area (Å²) in [5.74, 6) is -1.51. The second-order valence-corrected chi connectivity index (χ2v) is 6.88. The summed E-state index contributed by atoms with van der Waals surface area (Å²) in [4.78, 5) is 35.3. The topological polar surface area (TPSA) is 84.5 Å². The Morgan fingerprint density at radius 2 is 1.81 bits per heavy atom. The molecule has 27 heavy (non-hydrogen) atoms. The Hall–Kier alpha value is -2.93. The van der Waals surface area contributed by atoms with Gasteiger partial charge in [-0.15, -0.1) is 0 Å². The predicted molar refractivity (Wildman–Crippen MR) is 107 cm³/mol. The average molecular weight is 386 g/mol. The zero-order valence-electron chi connectivity index (χ0n) is 15.5. The van der Waals surface area contributed by atoms with E-state index in [1.807, 2.05) is 49.7 Å². The van der Waals surface area contributed by atoms with E-state index in [1.165, 1.54) is 17.4 Å². The number of rotatable bonds is 7. The maximum atomic E-state index is 12.0. The third-order valence-electron chi connectivity index (χ3n) is 3.69. The molecule has 1 aromatic carbocycles. The number of benzene rings is 1. The van der Waals surface area contributed by atoms with E-state index in [0.717, 1.165) is 27.9 Å². The number of aryl methyl sites for hydroxylation is 3. The van der Waals surface area contributed by atoms with Gasteiger partial charge in [-0.25, -0.2) is 4.79 Å². The Bertz CT molecular complexity index is 834. The van der Waals surface area contributed by atoms with E-state index in [4.69, 9.17) is 4.74 Å². The number of hydrogen-bond donors (Lipinski definition) is 2. The van der Waals surface area contributed by atoms with E-state index >= 15 is 0 Å². The molecule has 0 bridgehead atoms. The minimum Gasteiger partial charge on any atom is -0.452 e. The molecule has 0 aliphatic rings. The molecule has 1 aromatic heterocycles. The molecule has 142 valence electrons. The maximum Gasteiger partial charge on any atom is 0.331 e. The highest BCUT2D eigenvalue weighted by Crippen LogP contribution is 2.21. The van der Waals surface area contributed by atoms with Crippen molar-refractivity contribution in [1.82, 2.24) is 5.32 Å². The number of ether oxygens (including phenoxy) is 1. The Morgan fingerprint density at radius 3 is 2.44 bits per heavy atom. The van der Waals surface area contributed by atoms with Gasteiger partial charge in [-0.3, -0.25) is 9.59 Å². The summed E-state index contributed by atoms with van der Waals surface area (Å²) in [5.41, 5.74) is 4.66. The van der Waals surface area contributed by atoms with Crippen LogP contribution in [-0.2, 0) is 19.1 Å². The Morgan fingerprint density at radius 1 is 1.11 bits per heavy atom. The first kappa shape index (κ1) is 20.4. The SMILES string of the molecule is Cc1cc(C)c(NC(=O)CNC(=O)COC(=O)/C=C/c2ccsc2)c(C)c1. The van der Waals surface area contributed by atoms with Crippen molar-refractivity contribution in [3.63, 3.8) is 0 Å². The molecule has 0 aliphatic heterocycles.